The summed E-state index contributed by atoms with van der Waals surface area (Å²) in [4.78, 5) is 14.7. The van der Waals surface area contributed by atoms with Crippen molar-refractivity contribution in [1.82, 2.24) is 9.80 Å². The smallest absolute Gasteiger partial charge is 0.274 e. The fraction of sp³-hybridized carbons (Fsp3) is 0.429. The standard InChI is InChI=1S/C14H16FN3O2/c1-2-5-16-6-8-17(9-7-16)11-12-10-13(15)3-4-14(12)18(19)20/h1,3-4,10H,5-9,11H2. The summed E-state index contributed by atoms with van der Waals surface area (Å²) in [6, 6.07) is 3.58. The lowest BCUT2D eigenvalue weighted by molar-refractivity contribution is -0.385. The minimum Gasteiger partial charge on any atom is -0.296 e. The molecule has 1 aliphatic rings. The molecule has 1 aromatic rings. The van der Waals surface area contributed by atoms with Crippen LogP contribution in [0.3, 0.4) is 0 Å². The predicted molar refractivity (Wildman–Crippen MR) is 73.6 cm³/mol. The number of rotatable bonds is 4. The Morgan fingerprint density at radius 2 is 1.95 bits per heavy atom. The summed E-state index contributed by atoms with van der Waals surface area (Å²) < 4.78 is 13.3. The van der Waals surface area contributed by atoms with Crippen molar-refractivity contribution in [2.75, 3.05) is 32.7 Å². The molecule has 0 N–H and O–H groups in total. The van der Waals surface area contributed by atoms with Gasteiger partial charge in [-0.1, -0.05) is 5.92 Å². The highest BCUT2D eigenvalue weighted by Crippen LogP contribution is 2.21. The fourth-order valence-corrected chi connectivity index (χ4v) is 2.33. The molecule has 20 heavy (non-hydrogen) atoms. The monoisotopic (exact) mass is 277 g/mol. The van der Waals surface area contributed by atoms with E-state index in [9.17, 15) is 14.5 Å². The molecule has 6 heteroatoms. The first-order chi connectivity index (χ1) is 9.60. The van der Waals surface area contributed by atoms with Gasteiger partial charge in [-0.3, -0.25) is 19.9 Å². The Hall–Kier alpha value is -1.97. The molecule has 0 unspecified atom stereocenters. The second-order valence-corrected chi connectivity index (χ2v) is 4.79. The van der Waals surface area contributed by atoms with Gasteiger partial charge >= 0.3 is 0 Å². The van der Waals surface area contributed by atoms with Crippen LogP contribution in [0.15, 0.2) is 18.2 Å². The molecule has 1 aliphatic heterocycles. The maximum atomic E-state index is 13.3. The normalized spacial score (nSPS) is 16.8. The molecule has 1 aromatic carbocycles. The summed E-state index contributed by atoms with van der Waals surface area (Å²) in [5.74, 6) is 2.15. The van der Waals surface area contributed by atoms with Crippen LogP contribution in [0.25, 0.3) is 0 Å². The van der Waals surface area contributed by atoms with Crippen molar-refractivity contribution in [3.05, 3.63) is 39.7 Å². The number of nitro groups is 1. The lowest BCUT2D eigenvalue weighted by Crippen LogP contribution is -2.45. The summed E-state index contributed by atoms with van der Waals surface area (Å²) in [7, 11) is 0. The van der Waals surface area contributed by atoms with E-state index in [1.54, 1.807) is 0 Å². The van der Waals surface area contributed by atoms with E-state index in [2.05, 4.69) is 15.7 Å². The molecular formula is C14H16FN3O2. The minimum absolute atomic E-state index is 0.0301. The second kappa shape index (κ2) is 6.46. The van der Waals surface area contributed by atoms with Gasteiger partial charge < -0.3 is 0 Å². The van der Waals surface area contributed by atoms with Crippen molar-refractivity contribution in [1.29, 1.82) is 0 Å². The van der Waals surface area contributed by atoms with Crippen LogP contribution in [0.4, 0.5) is 10.1 Å². The quantitative estimate of drug-likeness (QED) is 0.475. The predicted octanol–water partition coefficient (Wildman–Crippen LogP) is 1.48. The van der Waals surface area contributed by atoms with Crippen LogP contribution >= 0.6 is 0 Å². The van der Waals surface area contributed by atoms with Gasteiger partial charge in [0, 0.05) is 44.4 Å². The average molecular weight is 277 g/mol. The van der Waals surface area contributed by atoms with E-state index in [0.717, 1.165) is 32.2 Å². The van der Waals surface area contributed by atoms with Gasteiger partial charge in [0.25, 0.3) is 5.69 Å². The molecule has 0 bridgehead atoms. The van der Waals surface area contributed by atoms with E-state index >= 15 is 0 Å². The second-order valence-electron chi connectivity index (χ2n) is 4.79. The molecule has 106 valence electrons. The van der Waals surface area contributed by atoms with Crippen LogP contribution in [0, 0.1) is 28.3 Å². The number of halogens is 1. The molecule has 0 amide bonds. The number of hydrogen-bond donors (Lipinski definition) is 0. The molecule has 1 saturated heterocycles. The van der Waals surface area contributed by atoms with Gasteiger partial charge in [-0.15, -0.1) is 6.42 Å². The Labute approximate surface area is 117 Å². The first kappa shape index (κ1) is 14.4. The van der Waals surface area contributed by atoms with Gasteiger partial charge in [-0.05, 0) is 12.1 Å². The Morgan fingerprint density at radius 1 is 1.30 bits per heavy atom. The number of nitro benzene ring substituents is 1. The van der Waals surface area contributed by atoms with Gasteiger partial charge in [0.2, 0.25) is 0 Å². The number of hydrogen-bond acceptors (Lipinski definition) is 4. The summed E-state index contributed by atoms with van der Waals surface area (Å²) in [6.07, 6.45) is 5.27. The summed E-state index contributed by atoms with van der Waals surface area (Å²) in [6.45, 7) is 4.21. The maximum absolute atomic E-state index is 13.3. The number of piperazine rings is 1. The van der Waals surface area contributed by atoms with E-state index < -0.39 is 10.7 Å². The molecule has 0 spiro atoms. The highest BCUT2D eigenvalue weighted by molar-refractivity contribution is 5.40. The van der Waals surface area contributed by atoms with Crippen molar-refractivity contribution in [2.24, 2.45) is 0 Å². The molecule has 1 fully saturated rings. The fourth-order valence-electron chi connectivity index (χ4n) is 2.33. The maximum Gasteiger partial charge on any atom is 0.274 e. The van der Waals surface area contributed by atoms with E-state index in [0.29, 0.717) is 18.7 Å². The van der Waals surface area contributed by atoms with E-state index in [4.69, 9.17) is 6.42 Å². The number of benzene rings is 1. The summed E-state index contributed by atoms with van der Waals surface area (Å²) >= 11 is 0. The zero-order valence-electron chi connectivity index (χ0n) is 11.1. The molecule has 2 rings (SSSR count). The first-order valence-corrected chi connectivity index (χ1v) is 6.41. The van der Waals surface area contributed by atoms with Gasteiger partial charge in [0.05, 0.1) is 11.5 Å². The first-order valence-electron chi connectivity index (χ1n) is 6.41. The average Bonchev–Trinajstić information content (AvgIpc) is 2.41. The topological polar surface area (TPSA) is 49.6 Å². The Bertz CT molecular complexity index is 534. The van der Waals surface area contributed by atoms with E-state index in [1.165, 1.54) is 12.1 Å². The van der Waals surface area contributed by atoms with Crippen molar-refractivity contribution in [3.8, 4) is 12.3 Å². The SMILES string of the molecule is C#CCN1CCN(Cc2cc(F)ccc2[N+](=O)[O-])CC1. The molecular weight excluding hydrogens is 261 g/mol. The Balaban J connectivity index is 2.02. The lowest BCUT2D eigenvalue weighted by Gasteiger charge is -2.33. The molecule has 1 heterocycles. The van der Waals surface area contributed by atoms with Crippen LogP contribution in [-0.4, -0.2) is 47.4 Å². The van der Waals surface area contributed by atoms with Crippen molar-refractivity contribution < 1.29 is 9.31 Å². The van der Waals surface area contributed by atoms with Crippen molar-refractivity contribution in [2.45, 2.75) is 6.54 Å². The summed E-state index contributed by atoms with van der Waals surface area (Å²) in [5.41, 5.74) is 0.387. The van der Waals surface area contributed by atoms with Gasteiger partial charge in [-0.25, -0.2) is 4.39 Å². The van der Waals surface area contributed by atoms with Gasteiger partial charge in [0.15, 0.2) is 0 Å². The van der Waals surface area contributed by atoms with Gasteiger partial charge in [0.1, 0.15) is 5.82 Å². The van der Waals surface area contributed by atoms with Crippen LogP contribution in [0.2, 0.25) is 0 Å². The minimum atomic E-state index is -0.469. The molecule has 0 radical (unpaired) electrons. The number of terminal acetylenes is 1. The lowest BCUT2D eigenvalue weighted by atomic mass is 10.1. The highest BCUT2D eigenvalue weighted by Gasteiger charge is 2.20. The largest absolute Gasteiger partial charge is 0.296 e. The van der Waals surface area contributed by atoms with Crippen LogP contribution < -0.4 is 0 Å². The van der Waals surface area contributed by atoms with Crippen molar-refractivity contribution in [3.63, 3.8) is 0 Å². The van der Waals surface area contributed by atoms with E-state index in [-0.39, 0.29) is 5.69 Å². The molecule has 0 aromatic heterocycles. The van der Waals surface area contributed by atoms with Crippen molar-refractivity contribution >= 4 is 5.69 Å². The van der Waals surface area contributed by atoms with Crippen LogP contribution in [0.1, 0.15) is 5.56 Å². The molecule has 0 atom stereocenters. The zero-order chi connectivity index (χ0) is 14.5. The Kier molecular flexibility index (Phi) is 4.66. The third-order valence-corrected chi connectivity index (χ3v) is 3.41. The van der Waals surface area contributed by atoms with E-state index in [1.807, 2.05) is 0 Å². The molecule has 5 nitrogen and oxygen atoms in total. The zero-order valence-corrected chi connectivity index (χ0v) is 11.1. The van der Waals surface area contributed by atoms with Crippen LogP contribution in [0.5, 0.6) is 0 Å². The summed E-state index contributed by atoms with van der Waals surface area (Å²) in [5, 5.41) is 10.9. The third-order valence-electron chi connectivity index (χ3n) is 3.41. The molecule has 0 saturated carbocycles. The van der Waals surface area contributed by atoms with Gasteiger partial charge in [-0.2, -0.15) is 0 Å². The highest BCUT2D eigenvalue weighted by atomic mass is 19.1. The Morgan fingerprint density at radius 3 is 2.55 bits per heavy atom. The van der Waals surface area contributed by atoms with Crippen LogP contribution in [-0.2, 0) is 6.54 Å². The molecule has 0 aliphatic carbocycles. The third kappa shape index (κ3) is 3.53. The number of nitrogens with zero attached hydrogens (tertiary/aromatic N) is 3.